The number of benzene rings is 2. The number of carbonyl (C=O) groups is 2. The van der Waals surface area contributed by atoms with Gasteiger partial charge in [0.1, 0.15) is 11.6 Å². The summed E-state index contributed by atoms with van der Waals surface area (Å²) in [4.78, 5) is 24.7. The number of hydrogen-bond acceptors (Lipinski definition) is 5. The van der Waals surface area contributed by atoms with Crippen LogP contribution in [0.3, 0.4) is 0 Å². The molecule has 0 aliphatic heterocycles. The van der Waals surface area contributed by atoms with Crippen molar-refractivity contribution in [1.82, 2.24) is 0 Å². The smallest absolute Gasteiger partial charge is 0.341 e. The fourth-order valence-electron chi connectivity index (χ4n) is 2.57. The molecule has 138 valence electrons. The summed E-state index contributed by atoms with van der Waals surface area (Å²) in [6.45, 7) is -0.436. The van der Waals surface area contributed by atoms with Crippen molar-refractivity contribution in [2.45, 2.75) is 0 Å². The molecule has 1 heterocycles. The van der Waals surface area contributed by atoms with Crippen LogP contribution in [0.25, 0.3) is 10.8 Å². The normalized spacial score (nSPS) is 10.6. The third-order valence-electron chi connectivity index (χ3n) is 4.00. The topological polar surface area (TPSA) is 130 Å². The number of anilines is 1. The molecular weight excluding hydrogens is 350 g/mol. The number of amidine groups is 1. The molecule has 0 saturated carbocycles. The van der Waals surface area contributed by atoms with Gasteiger partial charge in [0.15, 0.2) is 12.4 Å². The lowest BCUT2D eigenvalue weighted by Crippen LogP contribution is -2.25. The van der Waals surface area contributed by atoms with E-state index in [2.05, 4.69) is 0 Å². The fraction of sp³-hybridized carbons (Fsp3) is 0.105. The van der Waals surface area contributed by atoms with Crippen molar-refractivity contribution in [1.29, 1.82) is 5.41 Å². The molecule has 0 radical (unpaired) electrons. The van der Waals surface area contributed by atoms with Crippen LogP contribution in [-0.2, 0) is 4.79 Å². The highest BCUT2D eigenvalue weighted by Gasteiger charge is 2.20. The maximum absolute atomic E-state index is 12.8. The van der Waals surface area contributed by atoms with Gasteiger partial charge in [-0.3, -0.25) is 10.2 Å². The molecule has 0 atom stereocenters. The zero-order valence-electron chi connectivity index (χ0n) is 14.4. The van der Waals surface area contributed by atoms with Gasteiger partial charge in [-0.1, -0.05) is 6.07 Å². The van der Waals surface area contributed by atoms with Crippen molar-refractivity contribution < 1.29 is 23.8 Å². The molecule has 0 spiro atoms. The Morgan fingerprint density at radius 1 is 1.22 bits per heavy atom. The van der Waals surface area contributed by atoms with Crippen LogP contribution < -0.4 is 15.4 Å². The number of nitrogens with one attached hydrogen (secondary N) is 1. The molecule has 1 aromatic heterocycles. The second-order valence-corrected chi connectivity index (χ2v) is 5.82. The molecule has 3 rings (SSSR count). The number of nitrogens with zero attached hydrogens (tertiary/aromatic N) is 1. The highest BCUT2D eigenvalue weighted by molar-refractivity contribution is 6.12. The summed E-state index contributed by atoms with van der Waals surface area (Å²) in [7, 11) is 1.60. The first-order valence-electron chi connectivity index (χ1n) is 7.95. The van der Waals surface area contributed by atoms with Crippen LogP contribution in [0.2, 0.25) is 0 Å². The molecule has 0 unspecified atom stereocenters. The number of nitrogens with two attached hydrogens (primary N) is 1. The molecule has 4 N–H and O–H groups in total. The summed E-state index contributed by atoms with van der Waals surface area (Å²) in [6, 6.07) is 11.5. The predicted octanol–water partition coefficient (Wildman–Crippen LogP) is 2.46. The molecule has 8 nitrogen and oxygen atoms in total. The molecule has 8 heteroatoms. The highest BCUT2D eigenvalue weighted by Crippen LogP contribution is 2.26. The van der Waals surface area contributed by atoms with Gasteiger partial charge in [-0.2, -0.15) is 0 Å². The Morgan fingerprint density at radius 3 is 2.56 bits per heavy atom. The zero-order chi connectivity index (χ0) is 19.6. The molecule has 1 amide bonds. The van der Waals surface area contributed by atoms with Gasteiger partial charge in [-0.25, -0.2) is 4.79 Å². The molecule has 0 aliphatic carbocycles. The summed E-state index contributed by atoms with van der Waals surface area (Å²) in [5.74, 6) is -0.909. The Balaban J connectivity index is 1.82. The number of aliphatic carboxylic acids is 1. The van der Waals surface area contributed by atoms with Gasteiger partial charge in [0.2, 0.25) is 0 Å². The summed E-state index contributed by atoms with van der Waals surface area (Å²) >= 11 is 0. The summed E-state index contributed by atoms with van der Waals surface area (Å²) < 4.78 is 10.5. The second-order valence-electron chi connectivity index (χ2n) is 5.82. The van der Waals surface area contributed by atoms with Crippen LogP contribution in [0.1, 0.15) is 16.1 Å². The number of amides is 1. The highest BCUT2D eigenvalue weighted by atomic mass is 16.5. The van der Waals surface area contributed by atoms with E-state index in [1.807, 2.05) is 0 Å². The Kier molecular flexibility index (Phi) is 4.80. The van der Waals surface area contributed by atoms with Crippen LogP contribution >= 0.6 is 0 Å². The SMILES string of the molecule is CN(C(=O)c1occ2cc(C(=N)N)ccc12)c1ccc(OCC(=O)O)cc1. The number of hydrogen-bond donors (Lipinski definition) is 3. The lowest BCUT2D eigenvalue weighted by Gasteiger charge is -2.16. The number of furan rings is 1. The molecular formula is C19H17N3O5. The molecule has 2 aromatic carbocycles. The largest absolute Gasteiger partial charge is 0.482 e. The van der Waals surface area contributed by atoms with Gasteiger partial charge in [0.05, 0.1) is 6.26 Å². The van der Waals surface area contributed by atoms with Gasteiger partial charge < -0.3 is 24.9 Å². The van der Waals surface area contributed by atoms with E-state index < -0.39 is 12.6 Å². The van der Waals surface area contributed by atoms with Crippen molar-refractivity contribution in [3.8, 4) is 5.75 Å². The number of carboxylic acids is 1. The van der Waals surface area contributed by atoms with Gasteiger partial charge in [0, 0.05) is 29.1 Å². The van der Waals surface area contributed by atoms with Crippen LogP contribution in [-0.4, -0.2) is 36.5 Å². The number of rotatable bonds is 6. The van der Waals surface area contributed by atoms with E-state index >= 15 is 0 Å². The number of nitrogen functional groups attached to an aromatic ring is 1. The molecule has 3 aromatic rings. The summed E-state index contributed by atoms with van der Waals surface area (Å²) in [5.41, 5.74) is 6.62. The summed E-state index contributed by atoms with van der Waals surface area (Å²) in [5, 5.41) is 17.4. The number of carbonyl (C=O) groups excluding carboxylic acids is 1. The van der Waals surface area contributed by atoms with E-state index in [1.165, 1.54) is 11.2 Å². The van der Waals surface area contributed by atoms with E-state index in [9.17, 15) is 9.59 Å². The third kappa shape index (κ3) is 3.74. The minimum atomic E-state index is -1.07. The van der Waals surface area contributed by atoms with E-state index in [4.69, 9.17) is 25.4 Å². The van der Waals surface area contributed by atoms with Crippen molar-refractivity contribution in [3.63, 3.8) is 0 Å². The third-order valence-corrected chi connectivity index (χ3v) is 4.00. The van der Waals surface area contributed by atoms with Crippen LogP contribution in [0.15, 0.2) is 53.1 Å². The van der Waals surface area contributed by atoms with Crippen LogP contribution in [0, 0.1) is 5.41 Å². The average Bonchev–Trinajstić information content (AvgIpc) is 3.08. The van der Waals surface area contributed by atoms with Crippen molar-refractivity contribution in [3.05, 3.63) is 60.1 Å². The summed E-state index contributed by atoms with van der Waals surface area (Å²) in [6.07, 6.45) is 1.45. The maximum atomic E-state index is 12.8. The van der Waals surface area contributed by atoms with E-state index in [0.29, 0.717) is 27.8 Å². The van der Waals surface area contributed by atoms with Gasteiger partial charge in [-0.05, 0) is 36.4 Å². The molecule has 0 bridgehead atoms. The van der Waals surface area contributed by atoms with Crippen molar-refractivity contribution >= 4 is 34.2 Å². The second kappa shape index (κ2) is 7.20. The fourth-order valence-corrected chi connectivity index (χ4v) is 2.57. The Labute approximate surface area is 154 Å². The number of fused-ring (bicyclic) bond motifs is 1. The van der Waals surface area contributed by atoms with E-state index in [1.54, 1.807) is 49.5 Å². The lowest BCUT2D eigenvalue weighted by atomic mass is 10.1. The van der Waals surface area contributed by atoms with Gasteiger partial charge in [0.25, 0.3) is 5.91 Å². The van der Waals surface area contributed by atoms with Crippen molar-refractivity contribution in [2.24, 2.45) is 5.73 Å². The minimum Gasteiger partial charge on any atom is -0.482 e. The first kappa shape index (κ1) is 18.0. The minimum absolute atomic E-state index is 0.0618. The Hall–Kier alpha value is -3.81. The zero-order valence-corrected chi connectivity index (χ0v) is 14.4. The number of carboxylic acid groups (broad SMARTS) is 1. The molecule has 27 heavy (non-hydrogen) atoms. The first-order valence-corrected chi connectivity index (χ1v) is 7.95. The van der Waals surface area contributed by atoms with E-state index in [-0.39, 0.29) is 17.5 Å². The predicted molar refractivity (Wildman–Crippen MR) is 99.5 cm³/mol. The quantitative estimate of drug-likeness (QED) is 0.453. The van der Waals surface area contributed by atoms with E-state index in [0.717, 1.165) is 0 Å². The average molecular weight is 367 g/mol. The molecule has 0 saturated heterocycles. The van der Waals surface area contributed by atoms with Crippen molar-refractivity contribution in [2.75, 3.05) is 18.6 Å². The number of ether oxygens (including phenoxy) is 1. The molecule has 0 fully saturated rings. The Morgan fingerprint density at radius 2 is 1.93 bits per heavy atom. The lowest BCUT2D eigenvalue weighted by molar-refractivity contribution is -0.139. The van der Waals surface area contributed by atoms with Gasteiger partial charge >= 0.3 is 5.97 Å². The monoisotopic (exact) mass is 367 g/mol. The first-order chi connectivity index (χ1) is 12.9. The van der Waals surface area contributed by atoms with Crippen LogP contribution in [0.5, 0.6) is 5.75 Å². The standard InChI is InChI=1S/C19H17N3O5/c1-22(13-3-5-14(6-4-13)26-10-16(23)24)19(25)17-15-7-2-11(18(20)21)8-12(15)9-27-17/h2-9H,10H2,1H3,(H3,20,21)(H,23,24). The molecule has 0 aliphatic rings. The Bertz CT molecular complexity index is 1020. The van der Waals surface area contributed by atoms with Gasteiger partial charge in [-0.15, -0.1) is 0 Å². The maximum Gasteiger partial charge on any atom is 0.341 e. The van der Waals surface area contributed by atoms with Crippen LogP contribution in [0.4, 0.5) is 5.69 Å².